The summed E-state index contributed by atoms with van der Waals surface area (Å²) in [6.07, 6.45) is 4.55. The quantitative estimate of drug-likeness (QED) is 0.722. The molecule has 0 radical (unpaired) electrons. The zero-order chi connectivity index (χ0) is 20.5. The summed E-state index contributed by atoms with van der Waals surface area (Å²) < 4.78 is 5.47. The Morgan fingerprint density at radius 3 is 2.73 bits per heavy atom. The van der Waals surface area contributed by atoms with Crippen molar-refractivity contribution >= 4 is 39.6 Å². The second kappa shape index (κ2) is 8.79. The van der Waals surface area contributed by atoms with Gasteiger partial charge >= 0.3 is 0 Å². The van der Waals surface area contributed by atoms with Gasteiger partial charge in [-0.1, -0.05) is 29.8 Å². The lowest BCUT2D eigenvalue weighted by molar-refractivity contribution is -0.117. The van der Waals surface area contributed by atoms with Crippen molar-refractivity contribution in [2.45, 2.75) is 25.7 Å². The summed E-state index contributed by atoms with van der Waals surface area (Å²) in [7, 11) is 0. The second-order valence-electron chi connectivity index (χ2n) is 8.04. The molecule has 1 fully saturated rings. The molecular formula is C23H26ClN3O2S. The second-order valence-corrected chi connectivity index (χ2v) is 9.53. The van der Waals surface area contributed by atoms with Gasteiger partial charge in [-0.15, -0.1) is 11.3 Å². The van der Waals surface area contributed by atoms with Gasteiger partial charge in [0.25, 0.3) is 0 Å². The highest BCUT2D eigenvalue weighted by Gasteiger charge is 2.33. The summed E-state index contributed by atoms with van der Waals surface area (Å²) in [6.45, 7) is 5.11. The molecule has 7 heteroatoms. The Morgan fingerprint density at radius 1 is 1.10 bits per heavy atom. The summed E-state index contributed by atoms with van der Waals surface area (Å²) in [5, 5.41) is 1.75. The van der Waals surface area contributed by atoms with E-state index in [-0.39, 0.29) is 12.5 Å². The molecule has 1 aromatic carbocycles. The molecule has 158 valence electrons. The molecule has 0 bridgehead atoms. The lowest BCUT2D eigenvalue weighted by atomic mass is 9.91. The lowest BCUT2D eigenvalue weighted by Crippen LogP contribution is -2.43. The van der Waals surface area contributed by atoms with E-state index in [9.17, 15) is 4.79 Å². The van der Waals surface area contributed by atoms with E-state index in [1.54, 1.807) is 11.3 Å². The number of carbonyl (C=O) groups excluding carboxylic acids is 1. The maximum absolute atomic E-state index is 13.2. The van der Waals surface area contributed by atoms with Crippen molar-refractivity contribution in [1.82, 2.24) is 4.90 Å². The standard InChI is InChI=1S/C23H26ClN3O2S/c24-18-7-3-1-5-16(18)22-21-17-6-2-4-8-19(17)30-23(21)27(20(28)15-25-22)10-9-26-11-13-29-14-12-26/h1,3,5,7H,2,4,6,8-15H2. The molecule has 3 heterocycles. The summed E-state index contributed by atoms with van der Waals surface area (Å²) >= 11 is 8.36. The Hall–Kier alpha value is -1.73. The summed E-state index contributed by atoms with van der Waals surface area (Å²) in [4.78, 5) is 23.8. The number of morpholine rings is 1. The van der Waals surface area contributed by atoms with Crippen LogP contribution in [-0.2, 0) is 22.4 Å². The molecule has 0 saturated carbocycles. The Kier molecular flexibility index (Phi) is 5.92. The van der Waals surface area contributed by atoms with Crippen molar-refractivity contribution in [2.24, 2.45) is 4.99 Å². The predicted molar refractivity (Wildman–Crippen MR) is 123 cm³/mol. The third kappa shape index (κ3) is 3.82. The van der Waals surface area contributed by atoms with Gasteiger partial charge in [0.2, 0.25) is 5.91 Å². The van der Waals surface area contributed by atoms with Crippen LogP contribution in [0.1, 0.15) is 34.4 Å². The molecule has 0 spiro atoms. The molecule has 1 amide bonds. The average molecular weight is 444 g/mol. The molecule has 1 aliphatic carbocycles. The molecule has 2 aromatic rings. The minimum absolute atomic E-state index is 0.0742. The van der Waals surface area contributed by atoms with Gasteiger partial charge in [0, 0.05) is 47.2 Å². The molecule has 5 rings (SSSR count). The molecule has 0 atom stereocenters. The Morgan fingerprint density at radius 2 is 1.90 bits per heavy atom. The van der Waals surface area contributed by atoms with Gasteiger partial charge in [0.15, 0.2) is 0 Å². The third-order valence-corrected chi connectivity index (χ3v) is 7.83. The number of thiophene rings is 1. The number of aliphatic imine (C=N–C) groups is 1. The van der Waals surface area contributed by atoms with Crippen LogP contribution < -0.4 is 4.90 Å². The lowest BCUT2D eigenvalue weighted by Gasteiger charge is -2.29. The normalized spacial score (nSPS) is 19.8. The molecule has 30 heavy (non-hydrogen) atoms. The van der Waals surface area contributed by atoms with Crippen molar-refractivity contribution in [3.8, 4) is 0 Å². The van der Waals surface area contributed by atoms with Crippen molar-refractivity contribution in [2.75, 3.05) is 50.8 Å². The number of hydrogen-bond acceptors (Lipinski definition) is 5. The van der Waals surface area contributed by atoms with Gasteiger partial charge in [-0.2, -0.15) is 0 Å². The SMILES string of the molecule is O=C1CN=C(c2ccccc2Cl)c2c(sc3c2CCCC3)N1CCN1CCOCC1. The van der Waals surface area contributed by atoms with Gasteiger partial charge in [-0.25, -0.2) is 0 Å². The van der Waals surface area contributed by atoms with Crippen LogP contribution in [0.2, 0.25) is 5.02 Å². The summed E-state index contributed by atoms with van der Waals surface area (Å²) in [5.74, 6) is 0.0742. The first-order valence-electron chi connectivity index (χ1n) is 10.8. The molecule has 2 aliphatic heterocycles. The number of anilines is 1. The van der Waals surface area contributed by atoms with Crippen LogP contribution in [0.5, 0.6) is 0 Å². The molecule has 0 unspecified atom stereocenters. The highest BCUT2D eigenvalue weighted by Crippen LogP contribution is 2.43. The molecule has 1 aromatic heterocycles. The summed E-state index contributed by atoms with van der Waals surface area (Å²) in [6, 6.07) is 7.85. The van der Waals surface area contributed by atoms with Crippen LogP contribution in [0.4, 0.5) is 5.00 Å². The smallest absolute Gasteiger partial charge is 0.249 e. The first-order valence-corrected chi connectivity index (χ1v) is 12.0. The van der Waals surface area contributed by atoms with E-state index in [2.05, 4.69) is 4.90 Å². The van der Waals surface area contributed by atoms with Crippen LogP contribution in [0.3, 0.4) is 0 Å². The van der Waals surface area contributed by atoms with Gasteiger partial charge in [0.1, 0.15) is 11.5 Å². The molecule has 1 saturated heterocycles. The van der Waals surface area contributed by atoms with E-state index in [1.807, 2.05) is 29.2 Å². The fourth-order valence-electron chi connectivity index (χ4n) is 4.58. The molecule has 5 nitrogen and oxygen atoms in total. The molecular weight excluding hydrogens is 418 g/mol. The highest BCUT2D eigenvalue weighted by molar-refractivity contribution is 7.17. The minimum atomic E-state index is 0.0742. The Balaban J connectivity index is 1.55. The number of hydrogen-bond donors (Lipinski definition) is 0. The predicted octanol–water partition coefficient (Wildman–Crippen LogP) is 3.80. The topological polar surface area (TPSA) is 45.1 Å². The zero-order valence-electron chi connectivity index (χ0n) is 17.0. The number of fused-ring (bicyclic) bond motifs is 3. The maximum Gasteiger partial charge on any atom is 0.249 e. The van der Waals surface area contributed by atoms with E-state index in [1.165, 1.54) is 23.3 Å². The van der Waals surface area contributed by atoms with Crippen molar-refractivity contribution in [1.29, 1.82) is 0 Å². The van der Waals surface area contributed by atoms with Crippen LogP contribution in [-0.4, -0.2) is 62.5 Å². The number of nitrogens with zero attached hydrogens (tertiary/aromatic N) is 3. The fraction of sp³-hybridized carbons (Fsp3) is 0.478. The van der Waals surface area contributed by atoms with Crippen LogP contribution in [0.15, 0.2) is 29.3 Å². The van der Waals surface area contributed by atoms with Crippen LogP contribution in [0, 0.1) is 0 Å². The maximum atomic E-state index is 13.2. The van der Waals surface area contributed by atoms with Gasteiger partial charge in [-0.3, -0.25) is 14.7 Å². The largest absolute Gasteiger partial charge is 0.379 e. The van der Waals surface area contributed by atoms with Gasteiger partial charge in [-0.05, 0) is 37.3 Å². The van der Waals surface area contributed by atoms with E-state index >= 15 is 0 Å². The van der Waals surface area contributed by atoms with Crippen molar-refractivity contribution < 1.29 is 9.53 Å². The number of amides is 1. The number of ether oxygens (including phenoxy) is 1. The van der Waals surface area contributed by atoms with Crippen LogP contribution >= 0.6 is 22.9 Å². The Bertz CT molecular complexity index is 981. The van der Waals surface area contributed by atoms with Crippen molar-refractivity contribution in [3.63, 3.8) is 0 Å². The van der Waals surface area contributed by atoms with Gasteiger partial charge < -0.3 is 9.64 Å². The Labute approximate surface area is 186 Å². The van der Waals surface area contributed by atoms with Crippen molar-refractivity contribution in [3.05, 3.63) is 50.9 Å². The number of benzene rings is 1. The fourth-order valence-corrected chi connectivity index (χ4v) is 6.23. The minimum Gasteiger partial charge on any atom is -0.379 e. The molecule has 0 N–H and O–H groups in total. The number of halogens is 1. The monoisotopic (exact) mass is 443 g/mol. The van der Waals surface area contributed by atoms with E-state index in [0.717, 1.165) is 67.5 Å². The van der Waals surface area contributed by atoms with Crippen LogP contribution in [0.25, 0.3) is 0 Å². The first-order chi connectivity index (χ1) is 14.7. The average Bonchev–Trinajstić information content (AvgIpc) is 3.09. The third-order valence-electron chi connectivity index (χ3n) is 6.18. The van der Waals surface area contributed by atoms with E-state index in [0.29, 0.717) is 11.6 Å². The molecule has 3 aliphatic rings. The number of aryl methyl sites for hydroxylation is 1. The summed E-state index contributed by atoms with van der Waals surface area (Å²) in [5.41, 5.74) is 4.34. The first kappa shape index (κ1) is 20.2. The highest BCUT2D eigenvalue weighted by atomic mass is 35.5. The zero-order valence-corrected chi connectivity index (χ0v) is 18.6. The number of carbonyl (C=O) groups is 1. The number of rotatable bonds is 4. The van der Waals surface area contributed by atoms with E-state index < -0.39 is 0 Å². The van der Waals surface area contributed by atoms with Gasteiger partial charge in [0.05, 0.1) is 18.9 Å². The van der Waals surface area contributed by atoms with E-state index in [4.69, 9.17) is 21.3 Å².